The lowest BCUT2D eigenvalue weighted by Gasteiger charge is -2.10. The third kappa shape index (κ3) is 4.77. The molecule has 19 heavy (non-hydrogen) atoms. The Morgan fingerprint density at radius 3 is 2.63 bits per heavy atom. The molecule has 4 nitrogen and oxygen atoms in total. The molecule has 0 saturated heterocycles. The van der Waals surface area contributed by atoms with E-state index in [1.165, 1.54) is 12.8 Å². The summed E-state index contributed by atoms with van der Waals surface area (Å²) >= 11 is 0. The number of anilines is 1. The topological polar surface area (TPSA) is 72.5 Å². The van der Waals surface area contributed by atoms with Crippen LogP contribution < -0.4 is 10.5 Å². The smallest absolute Gasteiger partial charge is 0.338 e. The Balaban J connectivity index is 2.50. The van der Waals surface area contributed by atoms with Crippen molar-refractivity contribution in [3.63, 3.8) is 0 Å². The van der Waals surface area contributed by atoms with E-state index in [1.807, 2.05) is 0 Å². The largest absolute Gasteiger partial charge is 0.491 e. The maximum absolute atomic E-state index is 13.4. The lowest BCUT2D eigenvalue weighted by atomic mass is 10.1. The molecule has 0 saturated carbocycles. The molecule has 0 radical (unpaired) electrons. The zero-order valence-corrected chi connectivity index (χ0v) is 11.1. The molecule has 1 rings (SSSR count). The van der Waals surface area contributed by atoms with Crippen LogP contribution in [0.5, 0.6) is 5.75 Å². The summed E-state index contributed by atoms with van der Waals surface area (Å²) < 4.78 is 18.8. The van der Waals surface area contributed by atoms with Crippen molar-refractivity contribution in [2.45, 2.75) is 39.0 Å². The Morgan fingerprint density at radius 1 is 1.32 bits per heavy atom. The number of carboxylic acid groups (broad SMARTS) is 1. The van der Waals surface area contributed by atoms with Gasteiger partial charge in [0.1, 0.15) is 11.6 Å². The number of carbonyl (C=O) groups is 1. The van der Waals surface area contributed by atoms with Crippen molar-refractivity contribution in [2.75, 3.05) is 12.3 Å². The Morgan fingerprint density at radius 2 is 2.00 bits per heavy atom. The highest BCUT2D eigenvalue weighted by molar-refractivity contribution is 5.89. The highest BCUT2D eigenvalue weighted by Crippen LogP contribution is 2.25. The van der Waals surface area contributed by atoms with E-state index in [9.17, 15) is 9.18 Å². The molecule has 0 heterocycles. The van der Waals surface area contributed by atoms with Crippen LogP contribution in [0.1, 0.15) is 49.4 Å². The standard InChI is InChI=1S/C14H20FNO3/c1-2-3-4-5-6-7-19-13-9-11(15)10(14(17)18)8-12(13)16/h8-9H,2-7,16H2,1H3,(H,17,18). The summed E-state index contributed by atoms with van der Waals surface area (Å²) in [6.45, 7) is 2.60. The van der Waals surface area contributed by atoms with Gasteiger partial charge in [-0.25, -0.2) is 9.18 Å². The van der Waals surface area contributed by atoms with E-state index in [0.29, 0.717) is 6.61 Å². The third-order valence-corrected chi connectivity index (χ3v) is 2.84. The van der Waals surface area contributed by atoms with Crippen molar-refractivity contribution in [3.05, 3.63) is 23.5 Å². The molecule has 106 valence electrons. The van der Waals surface area contributed by atoms with Crippen LogP contribution in [-0.4, -0.2) is 17.7 Å². The number of carboxylic acids is 1. The van der Waals surface area contributed by atoms with Gasteiger partial charge in [0.15, 0.2) is 0 Å². The van der Waals surface area contributed by atoms with Crippen LogP contribution >= 0.6 is 0 Å². The molecule has 0 unspecified atom stereocenters. The van der Waals surface area contributed by atoms with Crippen LogP contribution in [0.25, 0.3) is 0 Å². The number of ether oxygens (including phenoxy) is 1. The normalized spacial score (nSPS) is 10.4. The van der Waals surface area contributed by atoms with E-state index in [0.717, 1.165) is 31.4 Å². The second kappa shape index (κ2) is 7.61. The molecular weight excluding hydrogens is 249 g/mol. The molecular formula is C14H20FNO3. The van der Waals surface area contributed by atoms with Gasteiger partial charge in [-0.1, -0.05) is 32.6 Å². The van der Waals surface area contributed by atoms with Crippen LogP contribution in [-0.2, 0) is 0 Å². The lowest BCUT2D eigenvalue weighted by Crippen LogP contribution is -2.06. The predicted molar refractivity (Wildman–Crippen MR) is 72.0 cm³/mol. The summed E-state index contributed by atoms with van der Waals surface area (Å²) in [5, 5.41) is 8.74. The average Bonchev–Trinajstić information content (AvgIpc) is 2.36. The summed E-state index contributed by atoms with van der Waals surface area (Å²) in [7, 11) is 0. The fourth-order valence-corrected chi connectivity index (χ4v) is 1.75. The van der Waals surface area contributed by atoms with Gasteiger partial charge in [-0.15, -0.1) is 0 Å². The summed E-state index contributed by atoms with van der Waals surface area (Å²) in [5.41, 5.74) is 5.34. The van der Waals surface area contributed by atoms with Gasteiger partial charge < -0.3 is 15.6 Å². The number of aromatic carboxylic acids is 1. The van der Waals surface area contributed by atoms with Crippen LogP contribution in [0.3, 0.4) is 0 Å². The molecule has 0 bridgehead atoms. The first-order chi connectivity index (χ1) is 9.06. The first kappa shape index (κ1) is 15.3. The summed E-state index contributed by atoms with van der Waals surface area (Å²) in [4.78, 5) is 10.7. The van der Waals surface area contributed by atoms with Crippen molar-refractivity contribution < 1.29 is 19.0 Å². The highest BCUT2D eigenvalue weighted by Gasteiger charge is 2.14. The number of nitrogens with two attached hydrogens (primary N) is 1. The van der Waals surface area contributed by atoms with Gasteiger partial charge in [-0.2, -0.15) is 0 Å². The van der Waals surface area contributed by atoms with Gasteiger partial charge in [-0.05, 0) is 12.5 Å². The average molecular weight is 269 g/mol. The van der Waals surface area contributed by atoms with Crippen molar-refractivity contribution in [2.24, 2.45) is 0 Å². The zero-order valence-electron chi connectivity index (χ0n) is 11.1. The van der Waals surface area contributed by atoms with Crippen LogP contribution in [0, 0.1) is 5.82 Å². The maximum atomic E-state index is 13.4. The maximum Gasteiger partial charge on any atom is 0.338 e. The van der Waals surface area contributed by atoms with Crippen LogP contribution in [0.15, 0.2) is 12.1 Å². The van der Waals surface area contributed by atoms with E-state index < -0.39 is 17.3 Å². The molecule has 0 atom stereocenters. The molecule has 0 spiro atoms. The number of rotatable bonds is 8. The minimum atomic E-state index is -1.34. The molecule has 0 aliphatic rings. The minimum absolute atomic E-state index is 0.146. The Hall–Kier alpha value is -1.78. The van der Waals surface area contributed by atoms with E-state index in [1.54, 1.807) is 0 Å². The summed E-state index contributed by atoms with van der Waals surface area (Å²) in [6.07, 6.45) is 5.46. The minimum Gasteiger partial charge on any atom is -0.491 e. The first-order valence-corrected chi connectivity index (χ1v) is 6.51. The van der Waals surface area contributed by atoms with Crippen molar-refractivity contribution in [1.82, 2.24) is 0 Å². The zero-order chi connectivity index (χ0) is 14.3. The van der Waals surface area contributed by atoms with E-state index >= 15 is 0 Å². The van der Waals surface area contributed by atoms with Gasteiger partial charge in [0.05, 0.1) is 17.9 Å². The summed E-state index contributed by atoms with van der Waals surface area (Å²) in [6, 6.07) is 2.12. The Kier molecular flexibility index (Phi) is 6.12. The Labute approximate surface area is 112 Å². The van der Waals surface area contributed by atoms with E-state index in [4.69, 9.17) is 15.6 Å². The van der Waals surface area contributed by atoms with Crippen molar-refractivity contribution in [3.8, 4) is 5.75 Å². The summed E-state index contributed by atoms with van der Waals surface area (Å²) in [5.74, 6) is -1.96. The monoisotopic (exact) mass is 269 g/mol. The lowest BCUT2D eigenvalue weighted by molar-refractivity contribution is 0.0692. The molecule has 0 aromatic heterocycles. The van der Waals surface area contributed by atoms with Crippen molar-refractivity contribution >= 4 is 11.7 Å². The first-order valence-electron chi connectivity index (χ1n) is 6.51. The predicted octanol–water partition coefficient (Wildman–Crippen LogP) is 3.46. The number of unbranched alkanes of at least 4 members (excludes halogenated alkanes) is 4. The SMILES string of the molecule is CCCCCCCOc1cc(F)c(C(=O)O)cc1N. The van der Waals surface area contributed by atoms with E-state index in [2.05, 4.69) is 6.92 Å². The number of nitrogen functional groups attached to an aromatic ring is 1. The van der Waals surface area contributed by atoms with E-state index in [-0.39, 0.29) is 11.4 Å². The Bertz CT molecular complexity index is 435. The molecule has 5 heteroatoms. The van der Waals surface area contributed by atoms with Gasteiger partial charge >= 0.3 is 5.97 Å². The fourth-order valence-electron chi connectivity index (χ4n) is 1.75. The molecule has 0 fully saturated rings. The molecule has 1 aromatic carbocycles. The molecule has 1 aromatic rings. The molecule has 0 amide bonds. The van der Waals surface area contributed by atoms with Crippen LogP contribution in [0.4, 0.5) is 10.1 Å². The van der Waals surface area contributed by atoms with Gasteiger partial charge in [0.25, 0.3) is 0 Å². The number of hydrogen-bond donors (Lipinski definition) is 2. The second-order valence-electron chi connectivity index (χ2n) is 4.44. The number of hydrogen-bond acceptors (Lipinski definition) is 3. The third-order valence-electron chi connectivity index (χ3n) is 2.84. The fraction of sp³-hybridized carbons (Fsp3) is 0.500. The quantitative estimate of drug-likeness (QED) is 0.560. The highest BCUT2D eigenvalue weighted by atomic mass is 19.1. The molecule has 0 aliphatic heterocycles. The van der Waals surface area contributed by atoms with Crippen molar-refractivity contribution in [1.29, 1.82) is 0 Å². The number of halogens is 1. The van der Waals surface area contributed by atoms with Gasteiger partial charge in [0, 0.05) is 6.07 Å². The second-order valence-corrected chi connectivity index (χ2v) is 4.44. The van der Waals surface area contributed by atoms with Gasteiger partial charge in [0.2, 0.25) is 0 Å². The molecule has 0 aliphatic carbocycles. The number of benzene rings is 1. The van der Waals surface area contributed by atoms with Crippen LogP contribution in [0.2, 0.25) is 0 Å². The van der Waals surface area contributed by atoms with Gasteiger partial charge in [-0.3, -0.25) is 0 Å². The molecule has 3 N–H and O–H groups in total.